The van der Waals surface area contributed by atoms with Crippen molar-refractivity contribution in [2.24, 2.45) is 5.92 Å². The highest BCUT2D eigenvalue weighted by atomic mass is 16.5. The van der Waals surface area contributed by atoms with Crippen LogP contribution in [0.1, 0.15) is 40.0 Å². The van der Waals surface area contributed by atoms with Gasteiger partial charge in [0.15, 0.2) is 0 Å². The van der Waals surface area contributed by atoms with Gasteiger partial charge >= 0.3 is 5.97 Å². The Bertz CT molecular complexity index is 242. The Morgan fingerprint density at radius 3 is 2.61 bits per heavy atom. The summed E-state index contributed by atoms with van der Waals surface area (Å²) in [5.41, 5.74) is 0. The second-order valence-electron chi connectivity index (χ2n) is 4.99. The number of nitrogens with one attached hydrogen (secondary N) is 1. The average molecular weight is 256 g/mol. The fraction of sp³-hybridized carbons (Fsp3) is 0.929. The number of nitrogens with zero attached hydrogens (tertiary/aromatic N) is 1. The largest absolute Gasteiger partial charge is 0.465 e. The smallest absolute Gasteiger partial charge is 0.323 e. The molecular formula is C14H28N2O2. The first kappa shape index (κ1) is 15.4. The van der Waals surface area contributed by atoms with Crippen molar-refractivity contribution in [3.63, 3.8) is 0 Å². The number of carbonyl (C=O) groups excluding carboxylic acids is 1. The zero-order chi connectivity index (χ0) is 13.4. The lowest BCUT2D eigenvalue weighted by molar-refractivity contribution is -0.145. The predicted molar refractivity (Wildman–Crippen MR) is 73.6 cm³/mol. The van der Waals surface area contributed by atoms with Gasteiger partial charge in [0.05, 0.1) is 6.61 Å². The van der Waals surface area contributed by atoms with Crippen molar-refractivity contribution in [3.05, 3.63) is 0 Å². The number of likely N-dealkylation sites (N-methyl/N-ethyl adjacent to an activating group) is 1. The Kier molecular flexibility index (Phi) is 7.28. The summed E-state index contributed by atoms with van der Waals surface area (Å²) in [5, 5.41) is 3.21. The highest BCUT2D eigenvalue weighted by Gasteiger charge is 2.25. The zero-order valence-electron chi connectivity index (χ0n) is 12.1. The van der Waals surface area contributed by atoms with Crippen LogP contribution in [0, 0.1) is 5.92 Å². The maximum Gasteiger partial charge on any atom is 0.323 e. The molecule has 1 atom stereocenters. The molecule has 1 N–H and O–H groups in total. The predicted octanol–water partition coefficient (Wildman–Crippen LogP) is 1.65. The minimum atomic E-state index is -0.150. The molecular weight excluding hydrogens is 228 g/mol. The highest BCUT2D eigenvalue weighted by Crippen LogP contribution is 2.29. The van der Waals surface area contributed by atoms with Crippen LogP contribution in [0.15, 0.2) is 0 Å². The number of hydrogen-bond donors (Lipinski definition) is 1. The van der Waals surface area contributed by atoms with E-state index in [2.05, 4.69) is 17.1 Å². The van der Waals surface area contributed by atoms with Crippen LogP contribution in [-0.4, -0.2) is 49.7 Å². The van der Waals surface area contributed by atoms with Crippen LogP contribution in [0.25, 0.3) is 0 Å². The van der Waals surface area contributed by atoms with E-state index >= 15 is 0 Å². The topological polar surface area (TPSA) is 41.6 Å². The van der Waals surface area contributed by atoms with Crippen LogP contribution in [-0.2, 0) is 9.53 Å². The summed E-state index contributed by atoms with van der Waals surface area (Å²) in [5.74, 6) is 0.798. The van der Waals surface area contributed by atoms with E-state index < -0.39 is 0 Å². The Morgan fingerprint density at radius 2 is 2.11 bits per heavy atom. The summed E-state index contributed by atoms with van der Waals surface area (Å²) in [6.07, 6.45) is 3.60. The van der Waals surface area contributed by atoms with Crippen LogP contribution < -0.4 is 5.32 Å². The van der Waals surface area contributed by atoms with Crippen molar-refractivity contribution < 1.29 is 9.53 Å². The van der Waals surface area contributed by atoms with E-state index in [0.717, 1.165) is 32.0 Å². The number of ether oxygens (including phenoxy) is 1. The van der Waals surface area contributed by atoms with E-state index in [1.165, 1.54) is 19.4 Å². The van der Waals surface area contributed by atoms with E-state index in [-0.39, 0.29) is 12.0 Å². The van der Waals surface area contributed by atoms with Crippen molar-refractivity contribution in [1.29, 1.82) is 0 Å². The first-order valence-electron chi connectivity index (χ1n) is 7.33. The molecule has 1 aliphatic rings. The van der Waals surface area contributed by atoms with Crippen molar-refractivity contribution in [2.45, 2.75) is 46.1 Å². The second kappa shape index (κ2) is 8.48. The van der Waals surface area contributed by atoms with E-state index in [1.54, 1.807) is 0 Å². The first-order chi connectivity index (χ1) is 8.71. The fourth-order valence-electron chi connectivity index (χ4n) is 2.15. The molecule has 18 heavy (non-hydrogen) atoms. The van der Waals surface area contributed by atoms with Gasteiger partial charge in [-0.15, -0.1) is 0 Å². The third-order valence-corrected chi connectivity index (χ3v) is 3.42. The van der Waals surface area contributed by atoms with Gasteiger partial charge < -0.3 is 15.0 Å². The molecule has 0 amide bonds. The maximum atomic E-state index is 11.8. The van der Waals surface area contributed by atoms with E-state index in [4.69, 9.17) is 4.74 Å². The Labute approximate surface area is 111 Å². The molecule has 106 valence electrons. The third-order valence-electron chi connectivity index (χ3n) is 3.42. The van der Waals surface area contributed by atoms with Crippen LogP contribution in [0.3, 0.4) is 0 Å². The summed E-state index contributed by atoms with van der Waals surface area (Å²) in [6.45, 7) is 10.6. The van der Waals surface area contributed by atoms with Gasteiger partial charge in [0, 0.05) is 13.1 Å². The lowest BCUT2D eigenvalue weighted by Gasteiger charge is -2.23. The normalized spacial score (nSPS) is 16.9. The number of rotatable bonds is 10. The van der Waals surface area contributed by atoms with Gasteiger partial charge in [0.2, 0.25) is 0 Å². The molecule has 0 aromatic heterocycles. The molecule has 4 nitrogen and oxygen atoms in total. The molecule has 0 spiro atoms. The molecule has 0 radical (unpaired) electrons. The van der Waals surface area contributed by atoms with E-state index in [1.807, 2.05) is 13.8 Å². The van der Waals surface area contributed by atoms with Gasteiger partial charge in [-0.2, -0.15) is 0 Å². The molecule has 0 aromatic carbocycles. The molecule has 0 bridgehead atoms. The molecule has 1 aliphatic carbocycles. The van der Waals surface area contributed by atoms with Crippen molar-refractivity contribution in [3.8, 4) is 0 Å². The standard InChI is InChI=1S/C14H28N2O2/c1-4-15-13(14(17)18-6-3)9-10-16(5-2)11-12-7-8-12/h12-13,15H,4-11H2,1-3H3. The van der Waals surface area contributed by atoms with Gasteiger partial charge in [-0.25, -0.2) is 0 Å². The minimum Gasteiger partial charge on any atom is -0.465 e. The molecule has 0 aliphatic heterocycles. The number of hydrogen-bond acceptors (Lipinski definition) is 4. The van der Waals surface area contributed by atoms with Gasteiger partial charge in [0.25, 0.3) is 0 Å². The monoisotopic (exact) mass is 256 g/mol. The Morgan fingerprint density at radius 1 is 1.39 bits per heavy atom. The average Bonchev–Trinajstić information content (AvgIpc) is 3.16. The summed E-state index contributed by atoms with van der Waals surface area (Å²) in [6, 6.07) is -0.150. The first-order valence-corrected chi connectivity index (χ1v) is 7.33. The summed E-state index contributed by atoms with van der Waals surface area (Å²) >= 11 is 0. The van der Waals surface area contributed by atoms with Gasteiger partial charge in [-0.05, 0) is 45.2 Å². The van der Waals surface area contributed by atoms with Crippen molar-refractivity contribution >= 4 is 5.97 Å². The molecule has 0 aromatic rings. The van der Waals surface area contributed by atoms with Crippen LogP contribution in [0.5, 0.6) is 0 Å². The van der Waals surface area contributed by atoms with E-state index in [0.29, 0.717) is 6.61 Å². The van der Waals surface area contributed by atoms with Gasteiger partial charge in [0.1, 0.15) is 6.04 Å². The quantitative estimate of drug-likeness (QED) is 0.604. The SMILES string of the molecule is CCNC(CCN(CC)CC1CC1)C(=O)OCC. The highest BCUT2D eigenvalue weighted by molar-refractivity contribution is 5.75. The molecule has 0 heterocycles. The second-order valence-corrected chi connectivity index (χ2v) is 4.99. The van der Waals surface area contributed by atoms with Crippen LogP contribution >= 0.6 is 0 Å². The Balaban J connectivity index is 2.31. The minimum absolute atomic E-state index is 0.109. The van der Waals surface area contributed by atoms with Gasteiger partial charge in [-0.3, -0.25) is 4.79 Å². The molecule has 0 saturated heterocycles. The van der Waals surface area contributed by atoms with Crippen LogP contribution in [0.4, 0.5) is 0 Å². The fourth-order valence-corrected chi connectivity index (χ4v) is 2.15. The summed E-state index contributed by atoms with van der Waals surface area (Å²) < 4.78 is 5.10. The van der Waals surface area contributed by atoms with Crippen molar-refractivity contribution in [2.75, 3.05) is 32.8 Å². The number of carbonyl (C=O) groups is 1. The Hall–Kier alpha value is -0.610. The summed E-state index contributed by atoms with van der Waals surface area (Å²) in [4.78, 5) is 14.2. The molecule has 1 rings (SSSR count). The summed E-state index contributed by atoms with van der Waals surface area (Å²) in [7, 11) is 0. The molecule has 4 heteroatoms. The van der Waals surface area contributed by atoms with Gasteiger partial charge in [-0.1, -0.05) is 13.8 Å². The van der Waals surface area contributed by atoms with E-state index in [9.17, 15) is 4.79 Å². The molecule has 1 unspecified atom stereocenters. The number of esters is 1. The van der Waals surface area contributed by atoms with Crippen molar-refractivity contribution in [1.82, 2.24) is 10.2 Å². The lowest BCUT2D eigenvalue weighted by atomic mass is 10.2. The lowest BCUT2D eigenvalue weighted by Crippen LogP contribution is -2.41. The molecule has 1 fully saturated rings. The third kappa shape index (κ3) is 5.83. The van der Waals surface area contributed by atoms with Crippen LogP contribution in [0.2, 0.25) is 0 Å². The molecule has 1 saturated carbocycles. The maximum absolute atomic E-state index is 11.8. The zero-order valence-corrected chi connectivity index (χ0v) is 12.1.